The normalized spacial score (nSPS) is 20.6. The zero-order valence-electron chi connectivity index (χ0n) is 8.88. The van der Waals surface area contributed by atoms with Gasteiger partial charge in [0.05, 0.1) is 11.2 Å². The van der Waals surface area contributed by atoms with Gasteiger partial charge in [0.1, 0.15) is 0 Å². The van der Waals surface area contributed by atoms with Gasteiger partial charge in [-0.1, -0.05) is 12.1 Å². The van der Waals surface area contributed by atoms with Crippen LogP contribution in [-0.2, 0) is 11.8 Å². The summed E-state index contributed by atoms with van der Waals surface area (Å²) in [6, 6.07) is 4.95. The minimum Gasteiger partial charge on any atom is -0.385 e. The molecule has 1 fully saturated rings. The van der Waals surface area contributed by atoms with Crippen LogP contribution in [0.25, 0.3) is 0 Å². The number of benzene rings is 1. The molecule has 1 atom stereocenters. The lowest BCUT2D eigenvalue weighted by Gasteiger charge is -2.24. The number of rotatable bonds is 2. The topological polar surface area (TPSA) is 20.2 Å². The molecule has 0 bridgehead atoms. The van der Waals surface area contributed by atoms with Gasteiger partial charge in [0.2, 0.25) is 0 Å². The third kappa shape index (κ3) is 2.07. The second-order valence-electron chi connectivity index (χ2n) is 4.50. The van der Waals surface area contributed by atoms with Crippen LogP contribution in [0.5, 0.6) is 0 Å². The summed E-state index contributed by atoms with van der Waals surface area (Å²) in [6.07, 6.45) is -2.60. The first-order valence-electron chi connectivity index (χ1n) is 5.22. The van der Waals surface area contributed by atoms with E-state index in [0.29, 0.717) is 5.56 Å². The predicted molar refractivity (Wildman–Crippen MR) is 53.7 cm³/mol. The first-order chi connectivity index (χ1) is 7.32. The van der Waals surface area contributed by atoms with Gasteiger partial charge in [-0.25, -0.2) is 0 Å². The molecular formula is C12H13F3O. The average molecular weight is 230 g/mol. The van der Waals surface area contributed by atoms with Crippen LogP contribution in [0.3, 0.4) is 0 Å². The van der Waals surface area contributed by atoms with Gasteiger partial charge in [0.25, 0.3) is 0 Å². The molecule has 1 N–H and O–H groups in total. The Hall–Kier alpha value is -1.03. The molecule has 0 radical (unpaired) electrons. The van der Waals surface area contributed by atoms with Crippen molar-refractivity contribution in [3.05, 3.63) is 35.4 Å². The fourth-order valence-electron chi connectivity index (χ4n) is 1.89. The van der Waals surface area contributed by atoms with E-state index in [-0.39, 0.29) is 5.92 Å². The number of aliphatic hydroxyl groups is 1. The van der Waals surface area contributed by atoms with Crippen LogP contribution in [-0.4, -0.2) is 5.11 Å². The Morgan fingerprint density at radius 2 is 1.75 bits per heavy atom. The molecule has 0 aliphatic heterocycles. The highest BCUT2D eigenvalue weighted by Gasteiger charge is 2.42. The lowest BCUT2D eigenvalue weighted by molar-refractivity contribution is -0.137. The first-order valence-corrected chi connectivity index (χ1v) is 5.22. The molecule has 0 spiro atoms. The van der Waals surface area contributed by atoms with Crippen molar-refractivity contribution in [2.75, 3.05) is 0 Å². The molecule has 0 saturated heterocycles. The van der Waals surface area contributed by atoms with Crippen molar-refractivity contribution in [2.24, 2.45) is 5.92 Å². The van der Waals surface area contributed by atoms with Gasteiger partial charge in [-0.15, -0.1) is 0 Å². The largest absolute Gasteiger partial charge is 0.416 e. The second kappa shape index (κ2) is 3.48. The minimum atomic E-state index is -4.35. The Bertz CT molecular complexity index is 391. The monoisotopic (exact) mass is 230 g/mol. The number of halogens is 3. The molecule has 1 aromatic carbocycles. The molecule has 88 valence electrons. The van der Waals surface area contributed by atoms with Gasteiger partial charge in [-0.05, 0) is 43.4 Å². The van der Waals surface area contributed by atoms with Crippen molar-refractivity contribution < 1.29 is 18.3 Å². The summed E-state index contributed by atoms with van der Waals surface area (Å²) in [5.74, 6) is 0.0935. The van der Waals surface area contributed by atoms with Gasteiger partial charge in [-0.2, -0.15) is 13.2 Å². The number of hydrogen-bond acceptors (Lipinski definition) is 1. The predicted octanol–water partition coefficient (Wildman–Crippen LogP) is 3.32. The quantitative estimate of drug-likeness (QED) is 0.826. The van der Waals surface area contributed by atoms with Crippen LogP contribution in [0, 0.1) is 5.92 Å². The van der Waals surface area contributed by atoms with Crippen LogP contribution < -0.4 is 0 Å². The van der Waals surface area contributed by atoms with E-state index in [4.69, 9.17) is 0 Å². The molecule has 4 heteroatoms. The van der Waals surface area contributed by atoms with Crippen molar-refractivity contribution in [1.29, 1.82) is 0 Å². The van der Waals surface area contributed by atoms with Crippen molar-refractivity contribution in [3.63, 3.8) is 0 Å². The first kappa shape index (κ1) is 11.5. The Morgan fingerprint density at radius 3 is 2.25 bits per heavy atom. The summed E-state index contributed by atoms with van der Waals surface area (Å²) >= 11 is 0. The highest BCUT2D eigenvalue weighted by Crippen LogP contribution is 2.46. The minimum absolute atomic E-state index is 0.0935. The molecular weight excluding hydrogens is 217 g/mol. The van der Waals surface area contributed by atoms with E-state index in [0.717, 1.165) is 25.0 Å². The Labute approximate surface area is 91.9 Å². The molecule has 0 amide bonds. The Morgan fingerprint density at radius 1 is 1.19 bits per heavy atom. The highest BCUT2D eigenvalue weighted by molar-refractivity contribution is 5.30. The van der Waals surface area contributed by atoms with Crippen LogP contribution in [0.2, 0.25) is 0 Å². The average Bonchev–Trinajstić information content (AvgIpc) is 3.00. The second-order valence-corrected chi connectivity index (χ2v) is 4.50. The zero-order valence-corrected chi connectivity index (χ0v) is 8.88. The maximum Gasteiger partial charge on any atom is 0.416 e. The van der Waals surface area contributed by atoms with Crippen molar-refractivity contribution in [2.45, 2.75) is 31.5 Å². The summed E-state index contributed by atoms with van der Waals surface area (Å²) < 4.78 is 37.5. The van der Waals surface area contributed by atoms with Crippen molar-refractivity contribution in [1.82, 2.24) is 0 Å². The summed E-state index contributed by atoms with van der Waals surface area (Å²) in [5.41, 5.74) is -1.49. The van der Waals surface area contributed by atoms with Crippen LogP contribution in [0.1, 0.15) is 30.9 Å². The standard InChI is InChI=1S/C12H13F3O/c1-11(16,8-5-6-8)9-3-2-4-10(7-9)12(13,14)15/h2-4,7-8,16H,5-6H2,1H3. The summed E-state index contributed by atoms with van der Waals surface area (Å²) in [7, 11) is 0. The fourth-order valence-corrected chi connectivity index (χ4v) is 1.89. The van der Waals surface area contributed by atoms with Gasteiger partial charge >= 0.3 is 6.18 Å². The third-order valence-corrected chi connectivity index (χ3v) is 3.15. The summed E-state index contributed by atoms with van der Waals surface area (Å²) in [5, 5.41) is 10.1. The maximum absolute atomic E-state index is 12.5. The van der Waals surface area contributed by atoms with E-state index < -0.39 is 17.3 Å². The van der Waals surface area contributed by atoms with E-state index in [1.54, 1.807) is 13.0 Å². The lowest BCUT2D eigenvalue weighted by atomic mass is 9.90. The van der Waals surface area contributed by atoms with E-state index in [2.05, 4.69) is 0 Å². The Balaban J connectivity index is 2.35. The molecule has 1 aliphatic rings. The van der Waals surface area contributed by atoms with E-state index in [1.165, 1.54) is 6.07 Å². The molecule has 1 unspecified atom stereocenters. The number of hydrogen-bond donors (Lipinski definition) is 1. The van der Waals surface area contributed by atoms with Crippen LogP contribution in [0.15, 0.2) is 24.3 Å². The molecule has 1 nitrogen and oxygen atoms in total. The highest BCUT2D eigenvalue weighted by atomic mass is 19.4. The van der Waals surface area contributed by atoms with Gasteiger partial charge < -0.3 is 5.11 Å². The molecule has 16 heavy (non-hydrogen) atoms. The van der Waals surface area contributed by atoms with Crippen molar-refractivity contribution in [3.8, 4) is 0 Å². The maximum atomic E-state index is 12.5. The van der Waals surface area contributed by atoms with Crippen LogP contribution >= 0.6 is 0 Å². The fraction of sp³-hybridized carbons (Fsp3) is 0.500. The van der Waals surface area contributed by atoms with Crippen LogP contribution in [0.4, 0.5) is 13.2 Å². The molecule has 0 heterocycles. The van der Waals surface area contributed by atoms with Gasteiger partial charge in [0, 0.05) is 0 Å². The zero-order chi connectivity index (χ0) is 12.0. The molecule has 0 aromatic heterocycles. The third-order valence-electron chi connectivity index (χ3n) is 3.15. The lowest BCUT2D eigenvalue weighted by Crippen LogP contribution is -2.24. The molecule has 1 saturated carbocycles. The number of alkyl halides is 3. The molecule has 1 aliphatic carbocycles. The van der Waals surface area contributed by atoms with E-state index in [1.807, 2.05) is 0 Å². The van der Waals surface area contributed by atoms with E-state index in [9.17, 15) is 18.3 Å². The van der Waals surface area contributed by atoms with Crippen molar-refractivity contribution >= 4 is 0 Å². The smallest absolute Gasteiger partial charge is 0.385 e. The molecule has 1 aromatic rings. The summed E-state index contributed by atoms with van der Waals surface area (Å²) in [6.45, 7) is 1.58. The Kier molecular flexibility index (Phi) is 2.49. The van der Waals surface area contributed by atoms with E-state index >= 15 is 0 Å². The summed E-state index contributed by atoms with van der Waals surface area (Å²) in [4.78, 5) is 0. The van der Waals surface area contributed by atoms with Gasteiger partial charge in [-0.3, -0.25) is 0 Å². The SMILES string of the molecule is CC(O)(c1cccc(C(F)(F)F)c1)C1CC1. The molecule has 2 rings (SSSR count). The van der Waals surface area contributed by atoms with Gasteiger partial charge in [0.15, 0.2) is 0 Å².